The van der Waals surface area contributed by atoms with Crippen molar-refractivity contribution in [3.8, 4) is 0 Å². The molecule has 1 atom stereocenters. The highest BCUT2D eigenvalue weighted by Gasteiger charge is 2.14. The fourth-order valence-electron chi connectivity index (χ4n) is 2.65. The normalized spacial score (nSPS) is 19.1. The van der Waals surface area contributed by atoms with Crippen molar-refractivity contribution in [2.75, 3.05) is 6.54 Å². The van der Waals surface area contributed by atoms with E-state index in [9.17, 15) is 4.79 Å². The Hall–Kier alpha value is -0.570. The summed E-state index contributed by atoms with van der Waals surface area (Å²) in [5.74, 6) is 0.258. The molecule has 0 aliphatic heterocycles. The molecule has 0 bridgehead atoms. The van der Waals surface area contributed by atoms with Crippen molar-refractivity contribution in [2.45, 2.75) is 70.8 Å². The molecule has 1 aliphatic rings. The summed E-state index contributed by atoms with van der Waals surface area (Å²) in [6, 6.07) is 0.533. The van der Waals surface area contributed by atoms with Crippen LogP contribution in [-0.2, 0) is 4.79 Å². The van der Waals surface area contributed by atoms with Gasteiger partial charge in [-0.2, -0.15) is 0 Å². The van der Waals surface area contributed by atoms with Crippen LogP contribution in [0.2, 0.25) is 0 Å². The van der Waals surface area contributed by atoms with E-state index in [1.54, 1.807) is 0 Å². The standard InChI is InChI=1S/C14H27NO2/c1-12(15-11-5-8-14(16)17)9-10-13-6-3-2-4-7-13/h12-13,15H,2-11H2,1H3,(H,16,17). The van der Waals surface area contributed by atoms with E-state index in [1.165, 1.54) is 44.9 Å². The van der Waals surface area contributed by atoms with Crippen LogP contribution in [0, 0.1) is 5.92 Å². The summed E-state index contributed by atoms with van der Waals surface area (Å²) in [6.07, 6.45) is 10.7. The average Bonchev–Trinajstić information content (AvgIpc) is 2.33. The number of hydrogen-bond acceptors (Lipinski definition) is 2. The lowest BCUT2D eigenvalue weighted by molar-refractivity contribution is -0.137. The molecule has 1 saturated carbocycles. The smallest absolute Gasteiger partial charge is 0.303 e. The van der Waals surface area contributed by atoms with Crippen LogP contribution in [0.1, 0.15) is 64.7 Å². The summed E-state index contributed by atoms with van der Waals surface area (Å²) in [7, 11) is 0. The van der Waals surface area contributed by atoms with Gasteiger partial charge < -0.3 is 10.4 Å². The van der Waals surface area contributed by atoms with Crippen LogP contribution in [0.15, 0.2) is 0 Å². The van der Waals surface area contributed by atoms with E-state index in [2.05, 4.69) is 12.2 Å². The monoisotopic (exact) mass is 241 g/mol. The first kappa shape index (κ1) is 14.5. The van der Waals surface area contributed by atoms with Gasteiger partial charge in [0.25, 0.3) is 0 Å². The Bertz CT molecular complexity index is 212. The van der Waals surface area contributed by atoms with Crippen molar-refractivity contribution >= 4 is 5.97 Å². The van der Waals surface area contributed by atoms with Crippen molar-refractivity contribution < 1.29 is 9.90 Å². The van der Waals surface area contributed by atoms with Crippen molar-refractivity contribution in [1.82, 2.24) is 5.32 Å². The summed E-state index contributed by atoms with van der Waals surface area (Å²) in [5, 5.41) is 11.9. The molecule has 100 valence electrons. The van der Waals surface area contributed by atoms with E-state index in [4.69, 9.17) is 5.11 Å². The Labute approximate surface area is 105 Å². The number of rotatable bonds is 8. The summed E-state index contributed by atoms with van der Waals surface area (Å²) in [5.41, 5.74) is 0. The van der Waals surface area contributed by atoms with E-state index < -0.39 is 5.97 Å². The van der Waals surface area contributed by atoms with Gasteiger partial charge in [-0.05, 0) is 38.6 Å². The average molecular weight is 241 g/mol. The molecule has 0 aromatic heterocycles. The van der Waals surface area contributed by atoms with E-state index in [1.807, 2.05) is 0 Å². The van der Waals surface area contributed by atoms with Crippen LogP contribution < -0.4 is 5.32 Å². The highest BCUT2D eigenvalue weighted by Crippen LogP contribution is 2.27. The molecule has 0 aromatic rings. The molecule has 3 nitrogen and oxygen atoms in total. The van der Waals surface area contributed by atoms with Gasteiger partial charge in [-0.25, -0.2) is 0 Å². The molecule has 0 aromatic carbocycles. The Morgan fingerprint density at radius 3 is 2.71 bits per heavy atom. The first-order valence-electron chi connectivity index (χ1n) is 7.13. The van der Waals surface area contributed by atoms with Crippen LogP contribution in [-0.4, -0.2) is 23.7 Å². The maximum absolute atomic E-state index is 10.3. The Morgan fingerprint density at radius 2 is 2.06 bits per heavy atom. The van der Waals surface area contributed by atoms with Crippen molar-refractivity contribution in [3.05, 3.63) is 0 Å². The maximum Gasteiger partial charge on any atom is 0.303 e. The molecule has 17 heavy (non-hydrogen) atoms. The van der Waals surface area contributed by atoms with Gasteiger partial charge in [0.05, 0.1) is 0 Å². The van der Waals surface area contributed by atoms with Gasteiger partial charge in [-0.15, -0.1) is 0 Å². The van der Waals surface area contributed by atoms with Crippen LogP contribution in [0.5, 0.6) is 0 Å². The van der Waals surface area contributed by atoms with Gasteiger partial charge in [0, 0.05) is 12.5 Å². The van der Waals surface area contributed by atoms with Crippen LogP contribution in [0.4, 0.5) is 0 Å². The zero-order valence-corrected chi connectivity index (χ0v) is 11.1. The van der Waals surface area contributed by atoms with E-state index in [0.29, 0.717) is 6.04 Å². The molecule has 0 amide bonds. The molecule has 2 N–H and O–H groups in total. The molecule has 1 unspecified atom stereocenters. The molecule has 0 radical (unpaired) electrons. The fourth-order valence-corrected chi connectivity index (χ4v) is 2.65. The topological polar surface area (TPSA) is 49.3 Å². The lowest BCUT2D eigenvalue weighted by Gasteiger charge is -2.23. The number of carboxylic acid groups (broad SMARTS) is 1. The van der Waals surface area contributed by atoms with Gasteiger partial charge in [0.1, 0.15) is 0 Å². The van der Waals surface area contributed by atoms with Gasteiger partial charge in [-0.3, -0.25) is 4.79 Å². The molecule has 1 rings (SSSR count). The first-order chi connectivity index (χ1) is 8.18. The minimum atomic E-state index is -0.693. The van der Waals surface area contributed by atoms with E-state index in [0.717, 1.165) is 18.9 Å². The van der Waals surface area contributed by atoms with Gasteiger partial charge >= 0.3 is 5.97 Å². The second kappa shape index (κ2) is 8.51. The van der Waals surface area contributed by atoms with E-state index >= 15 is 0 Å². The molecule has 0 saturated heterocycles. The maximum atomic E-state index is 10.3. The Balaban J connectivity index is 1.96. The molecule has 1 fully saturated rings. The van der Waals surface area contributed by atoms with Crippen molar-refractivity contribution in [1.29, 1.82) is 0 Å². The number of aliphatic carboxylic acids is 1. The van der Waals surface area contributed by atoms with Gasteiger partial charge in [-0.1, -0.05) is 32.1 Å². The third-order valence-electron chi connectivity index (χ3n) is 3.79. The third-order valence-corrected chi connectivity index (χ3v) is 3.79. The second-order valence-electron chi connectivity index (χ2n) is 5.43. The second-order valence-corrected chi connectivity index (χ2v) is 5.43. The zero-order chi connectivity index (χ0) is 12.5. The Kier molecular flexibility index (Phi) is 7.25. The predicted molar refractivity (Wildman–Crippen MR) is 70.1 cm³/mol. The molecule has 3 heteroatoms. The minimum absolute atomic E-state index is 0.280. The molecule has 0 spiro atoms. The summed E-state index contributed by atoms with van der Waals surface area (Å²) < 4.78 is 0. The van der Waals surface area contributed by atoms with Crippen molar-refractivity contribution in [2.24, 2.45) is 5.92 Å². The lowest BCUT2D eigenvalue weighted by Crippen LogP contribution is -2.28. The Morgan fingerprint density at radius 1 is 1.35 bits per heavy atom. The number of nitrogens with one attached hydrogen (secondary N) is 1. The lowest BCUT2D eigenvalue weighted by atomic mass is 9.85. The molecule has 0 heterocycles. The molecular weight excluding hydrogens is 214 g/mol. The largest absolute Gasteiger partial charge is 0.481 e. The van der Waals surface area contributed by atoms with E-state index in [-0.39, 0.29) is 6.42 Å². The van der Waals surface area contributed by atoms with Crippen LogP contribution in [0.3, 0.4) is 0 Å². The fraction of sp³-hybridized carbons (Fsp3) is 0.929. The zero-order valence-electron chi connectivity index (χ0n) is 11.1. The summed E-state index contributed by atoms with van der Waals surface area (Å²) in [4.78, 5) is 10.3. The van der Waals surface area contributed by atoms with Crippen LogP contribution in [0.25, 0.3) is 0 Å². The first-order valence-corrected chi connectivity index (χ1v) is 7.13. The molecule has 1 aliphatic carbocycles. The van der Waals surface area contributed by atoms with Crippen molar-refractivity contribution in [3.63, 3.8) is 0 Å². The minimum Gasteiger partial charge on any atom is -0.481 e. The quantitative estimate of drug-likeness (QED) is 0.642. The highest BCUT2D eigenvalue weighted by atomic mass is 16.4. The highest BCUT2D eigenvalue weighted by molar-refractivity contribution is 5.66. The summed E-state index contributed by atoms with van der Waals surface area (Å²) >= 11 is 0. The number of hydrogen-bond donors (Lipinski definition) is 2. The number of carboxylic acids is 1. The molecular formula is C14H27NO2. The number of carbonyl (C=O) groups is 1. The van der Waals surface area contributed by atoms with Crippen LogP contribution >= 0.6 is 0 Å². The van der Waals surface area contributed by atoms with Gasteiger partial charge in [0.15, 0.2) is 0 Å². The van der Waals surface area contributed by atoms with Gasteiger partial charge in [0.2, 0.25) is 0 Å². The predicted octanol–water partition coefficient (Wildman–Crippen LogP) is 3.19. The summed E-state index contributed by atoms with van der Waals surface area (Å²) in [6.45, 7) is 3.04. The SMILES string of the molecule is CC(CCC1CCCCC1)NCCCC(=O)O. The third kappa shape index (κ3) is 7.37.